The fourth-order valence-corrected chi connectivity index (χ4v) is 3.52. The smallest absolute Gasteiger partial charge is 0.262 e. The van der Waals surface area contributed by atoms with E-state index >= 15 is 0 Å². The van der Waals surface area contributed by atoms with Gasteiger partial charge in [-0.3, -0.25) is 9.48 Å². The van der Waals surface area contributed by atoms with Gasteiger partial charge >= 0.3 is 0 Å². The number of hydrogen-bond acceptors (Lipinski definition) is 7. The van der Waals surface area contributed by atoms with E-state index < -0.39 is 0 Å². The number of aromatic nitrogens is 4. The van der Waals surface area contributed by atoms with Crippen LogP contribution in [-0.2, 0) is 7.05 Å². The summed E-state index contributed by atoms with van der Waals surface area (Å²) >= 11 is 0. The van der Waals surface area contributed by atoms with Gasteiger partial charge in [0.05, 0.1) is 12.1 Å². The van der Waals surface area contributed by atoms with Gasteiger partial charge < -0.3 is 20.3 Å². The Morgan fingerprint density at radius 1 is 1.38 bits per heavy atom. The van der Waals surface area contributed by atoms with Crippen LogP contribution in [0.3, 0.4) is 0 Å². The van der Waals surface area contributed by atoms with E-state index in [2.05, 4.69) is 30.6 Å². The van der Waals surface area contributed by atoms with Gasteiger partial charge in [-0.2, -0.15) is 10.1 Å². The average molecular weight is 395 g/mol. The van der Waals surface area contributed by atoms with Crippen molar-refractivity contribution < 1.29 is 9.53 Å². The lowest BCUT2D eigenvalue weighted by Gasteiger charge is -2.18. The Kier molecular flexibility index (Phi) is 5.30. The zero-order valence-corrected chi connectivity index (χ0v) is 16.8. The SMILES string of the molecule is CCOc1nc(N2CCC(NC)C2)ncc1C(=O)Nc1ccc2nn(C)cc2c1. The lowest BCUT2D eigenvalue weighted by Crippen LogP contribution is -2.30. The van der Waals surface area contributed by atoms with Gasteiger partial charge in [-0.1, -0.05) is 0 Å². The Balaban J connectivity index is 1.56. The molecular weight excluding hydrogens is 370 g/mol. The zero-order valence-electron chi connectivity index (χ0n) is 16.8. The molecule has 1 aromatic carbocycles. The molecule has 1 amide bonds. The Labute approximate surface area is 169 Å². The van der Waals surface area contributed by atoms with E-state index in [9.17, 15) is 4.79 Å². The number of anilines is 2. The first-order chi connectivity index (χ1) is 14.1. The molecule has 9 nitrogen and oxygen atoms in total. The number of carbonyl (C=O) groups excluding carboxylic acids is 1. The molecule has 4 rings (SSSR count). The predicted molar refractivity (Wildman–Crippen MR) is 112 cm³/mol. The molecule has 2 N–H and O–H groups in total. The van der Waals surface area contributed by atoms with Crippen molar-refractivity contribution in [2.24, 2.45) is 7.05 Å². The van der Waals surface area contributed by atoms with Crippen molar-refractivity contribution in [3.8, 4) is 5.88 Å². The number of benzene rings is 1. The number of nitrogens with one attached hydrogen (secondary N) is 2. The molecule has 3 heterocycles. The van der Waals surface area contributed by atoms with Crippen LogP contribution in [0.4, 0.5) is 11.6 Å². The van der Waals surface area contributed by atoms with E-state index in [-0.39, 0.29) is 5.91 Å². The molecule has 29 heavy (non-hydrogen) atoms. The Morgan fingerprint density at radius 2 is 2.24 bits per heavy atom. The standard InChI is InChI=1S/C20H25N7O2/c1-4-29-19-16(10-22-20(24-19)27-8-7-15(12-27)21-2)18(28)23-14-5-6-17-13(9-14)11-26(3)25-17/h5-6,9-11,15,21H,4,7-8,12H2,1-3H3,(H,23,28). The quantitative estimate of drug-likeness (QED) is 0.657. The number of amides is 1. The monoisotopic (exact) mass is 395 g/mol. The van der Waals surface area contributed by atoms with E-state index in [1.165, 1.54) is 6.20 Å². The molecule has 9 heteroatoms. The first kappa shape index (κ1) is 19.1. The summed E-state index contributed by atoms with van der Waals surface area (Å²) in [6, 6.07) is 6.00. The van der Waals surface area contributed by atoms with Crippen molar-refractivity contribution in [3.05, 3.63) is 36.2 Å². The number of rotatable bonds is 6. The van der Waals surface area contributed by atoms with E-state index in [4.69, 9.17) is 4.74 Å². The van der Waals surface area contributed by atoms with Crippen LogP contribution >= 0.6 is 0 Å². The number of aryl methyl sites for hydroxylation is 1. The molecule has 0 bridgehead atoms. The van der Waals surface area contributed by atoms with Crippen LogP contribution in [0.25, 0.3) is 10.9 Å². The number of nitrogens with zero attached hydrogens (tertiary/aromatic N) is 5. The summed E-state index contributed by atoms with van der Waals surface area (Å²) in [5.74, 6) is 0.572. The van der Waals surface area contributed by atoms with Crippen LogP contribution in [-0.4, -0.2) is 58.4 Å². The molecule has 1 aliphatic rings. The molecule has 3 aromatic rings. The third-order valence-corrected chi connectivity index (χ3v) is 5.02. The van der Waals surface area contributed by atoms with Gasteiger partial charge in [0, 0.05) is 49.6 Å². The van der Waals surface area contributed by atoms with Crippen molar-refractivity contribution in [3.63, 3.8) is 0 Å². The number of carbonyl (C=O) groups is 1. The molecule has 0 aliphatic carbocycles. The van der Waals surface area contributed by atoms with E-state index in [1.54, 1.807) is 4.68 Å². The molecule has 0 spiro atoms. The first-order valence-electron chi connectivity index (χ1n) is 9.74. The Bertz CT molecular complexity index is 1030. The maximum absolute atomic E-state index is 12.9. The number of ether oxygens (including phenoxy) is 1. The summed E-state index contributed by atoms with van der Waals surface area (Å²) in [6.07, 6.45) is 4.48. The van der Waals surface area contributed by atoms with Gasteiger partial charge in [0.1, 0.15) is 5.56 Å². The molecular formula is C20H25N7O2. The average Bonchev–Trinajstić information content (AvgIpc) is 3.33. The summed E-state index contributed by atoms with van der Waals surface area (Å²) in [4.78, 5) is 23.9. The van der Waals surface area contributed by atoms with Gasteiger partial charge in [-0.15, -0.1) is 0 Å². The molecule has 1 aliphatic heterocycles. The number of hydrogen-bond donors (Lipinski definition) is 2. The molecule has 1 saturated heterocycles. The molecule has 1 unspecified atom stereocenters. The predicted octanol–water partition coefficient (Wildman–Crippen LogP) is 1.81. The van der Waals surface area contributed by atoms with Crippen molar-refractivity contribution in [1.29, 1.82) is 0 Å². The molecule has 1 fully saturated rings. The third-order valence-electron chi connectivity index (χ3n) is 5.02. The fraction of sp³-hybridized carbons (Fsp3) is 0.400. The van der Waals surface area contributed by atoms with Crippen molar-refractivity contribution >= 4 is 28.4 Å². The van der Waals surface area contributed by atoms with Gasteiger partial charge in [-0.05, 0) is 38.6 Å². The highest BCUT2D eigenvalue weighted by molar-refractivity contribution is 6.06. The normalized spacial score (nSPS) is 16.4. The van der Waals surface area contributed by atoms with Crippen LogP contribution in [0.2, 0.25) is 0 Å². The Morgan fingerprint density at radius 3 is 3.00 bits per heavy atom. The Hall–Kier alpha value is -3.20. The highest BCUT2D eigenvalue weighted by Crippen LogP contribution is 2.24. The largest absolute Gasteiger partial charge is 0.477 e. The van der Waals surface area contributed by atoms with E-state index in [1.807, 2.05) is 45.4 Å². The van der Waals surface area contributed by atoms with Gasteiger partial charge in [0.15, 0.2) is 0 Å². The second kappa shape index (κ2) is 8.04. The van der Waals surface area contributed by atoms with Crippen molar-refractivity contribution in [2.45, 2.75) is 19.4 Å². The van der Waals surface area contributed by atoms with Gasteiger partial charge in [0.25, 0.3) is 5.91 Å². The summed E-state index contributed by atoms with van der Waals surface area (Å²) in [5.41, 5.74) is 1.86. The summed E-state index contributed by atoms with van der Waals surface area (Å²) in [6.45, 7) is 3.98. The van der Waals surface area contributed by atoms with E-state index in [0.717, 1.165) is 30.4 Å². The molecule has 152 valence electrons. The van der Waals surface area contributed by atoms with Crippen molar-refractivity contribution in [2.75, 3.05) is 37.0 Å². The fourth-order valence-electron chi connectivity index (χ4n) is 3.52. The maximum Gasteiger partial charge on any atom is 0.262 e. The zero-order chi connectivity index (χ0) is 20.4. The molecule has 2 aromatic heterocycles. The van der Waals surface area contributed by atoms with Crippen LogP contribution in [0, 0.1) is 0 Å². The van der Waals surface area contributed by atoms with Crippen LogP contribution < -0.4 is 20.3 Å². The number of likely N-dealkylation sites (N-methyl/N-ethyl adjacent to an activating group) is 1. The maximum atomic E-state index is 12.9. The summed E-state index contributed by atoms with van der Waals surface area (Å²) in [5, 5.41) is 11.5. The third kappa shape index (κ3) is 4.00. The van der Waals surface area contributed by atoms with Crippen LogP contribution in [0.15, 0.2) is 30.6 Å². The number of fused-ring (bicyclic) bond motifs is 1. The second-order valence-corrected chi connectivity index (χ2v) is 7.07. The minimum absolute atomic E-state index is 0.297. The molecule has 1 atom stereocenters. The molecule has 0 radical (unpaired) electrons. The lowest BCUT2D eigenvalue weighted by molar-refractivity contribution is 0.102. The van der Waals surface area contributed by atoms with Crippen LogP contribution in [0.1, 0.15) is 23.7 Å². The lowest BCUT2D eigenvalue weighted by atomic mass is 10.2. The van der Waals surface area contributed by atoms with Crippen LogP contribution in [0.5, 0.6) is 5.88 Å². The highest BCUT2D eigenvalue weighted by atomic mass is 16.5. The van der Waals surface area contributed by atoms with Gasteiger partial charge in [0.2, 0.25) is 11.8 Å². The highest BCUT2D eigenvalue weighted by Gasteiger charge is 2.25. The molecule has 0 saturated carbocycles. The minimum Gasteiger partial charge on any atom is -0.477 e. The first-order valence-corrected chi connectivity index (χ1v) is 9.74. The van der Waals surface area contributed by atoms with Crippen molar-refractivity contribution in [1.82, 2.24) is 25.1 Å². The minimum atomic E-state index is -0.308. The van der Waals surface area contributed by atoms with E-state index in [0.29, 0.717) is 35.7 Å². The van der Waals surface area contributed by atoms with Gasteiger partial charge in [-0.25, -0.2) is 4.98 Å². The topological polar surface area (TPSA) is 97.2 Å². The summed E-state index contributed by atoms with van der Waals surface area (Å²) in [7, 11) is 3.82. The summed E-state index contributed by atoms with van der Waals surface area (Å²) < 4.78 is 7.40. The second-order valence-electron chi connectivity index (χ2n) is 7.07.